The molecule has 0 spiro atoms. The van der Waals surface area contributed by atoms with Crippen LogP contribution in [0.2, 0.25) is 0 Å². The van der Waals surface area contributed by atoms with Crippen molar-refractivity contribution >= 4 is 18.1 Å². The lowest BCUT2D eigenvalue weighted by molar-refractivity contribution is 0.135. The Kier molecular flexibility index (Phi) is 7.77. The van der Waals surface area contributed by atoms with Gasteiger partial charge >= 0.3 is 7.82 Å². The molecule has 0 amide bonds. The van der Waals surface area contributed by atoms with E-state index in [0.717, 1.165) is 22.3 Å². The van der Waals surface area contributed by atoms with Crippen molar-refractivity contribution in [2.75, 3.05) is 0 Å². The summed E-state index contributed by atoms with van der Waals surface area (Å²) in [6.45, 7) is 30.3. The molecule has 1 aliphatic heterocycles. The normalized spacial score (nSPS) is 16.6. The van der Waals surface area contributed by atoms with E-state index in [4.69, 9.17) is 13.6 Å². The van der Waals surface area contributed by atoms with Crippen molar-refractivity contribution in [1.29, 1.82) is 0 Å². The van der Waals surface area contributed by atoms with Gasteiger partial charge in [-0.25, -0.2) is 4.57 Å². The molecular weight excluding hydrogens is 507 g/mol. The van der Waals surface area contributed by atoms with Crippen molar-refractivity contribution in [2.45, 2.75) is 130 Å². The first-order valence-corrected chi connectivity index (χ1v) is 16.3. The van der Waals surface area contributed by atoms with Crippen LogP contribution in [-0.4, -0.2) is 15.5 Å². The van der Waals surface area contributed by atoms with Crippen molar-refractivity contribution in [1.82, 2.24) is 0 Å². The maximum Gasteiger partial charge on any atom is 0.587 e. The quantitative estimate of drug-likeness (QED) is 0.274. The van der Waals surface area contributed by atoms with Gasteiger partial charge < -0.3 is 9.05 Å². The second-order valence-corrected chi connectivity index (χ2v) is 19.9. The summed E-state index contributed by atoms with van der Waals surface area (Å²) in [5.74, 6) is 1.26. The topological polar surface area (TPSA) is 44.8 Å². The molecule has 0 saturated carbocycles. The van der Waals surface area contributed by atoms with E-state index in [1.54, 1.807) is 0 Å². The second-order valence-electron chi connectivity index (χ2n) is 16.0. The summed E-state index contributed by atoms with van der Waals surface area (Å²) < 4.78 is 33.8. The van der Waals surface area contributed by atoms with Crippen LogP contribution in [0.4, 0.5) is 0 Å². The van der Waals surface area contributed by atoms with Gasteiger partial charge in [0.05, 0.1) is 5.22 Å². The van der Waals surface area contributed by atoms with Crippen LogP contribution in [0.5, 0.6) is 11.5 Å². The smallest absolute Gasteiger partial charge is 0.394 e. The Hall–Kier alpha value is -1.55. The number of phosphoric acid groups is 1. The molecule has 38 heavy (non-hydrogen) atoms. The monoisotopic (exact) mass is 558 g/mol. The second kappa shape index (κ2) is 9.53. The standard InChI is InChI=1S/C32H51O4PSi/c1-28(2,3)22-16-20-15-21-17-23(29(4,5)6)19-25(31(10,11)12)27(21)35-37(33,36-32(13,14)38)34-26(20)24(18-22)30(7,8)9/h16-19H,15H2,1-14,38H3. The Morgan fingerprint density at radius 2 is 0.974 bits per heavy atom. The molecule has 4 nitrogen and oxygen atoms in total. The lowest BCUT2D eigenvalue weighted by Crippen LogP contribution is -2.28. The lowest BCUT2D eigenvalue weighted by Gasteiger charge is -2.36. The number of hydrogen-bond acceptors (Lipinski definition) is 4. The Bertz CT molecular complexity index is 1170. The van der Waals surface area contributed by atoms with Crippen LogP contribution < -0.4 is 9.05 Å². The molecule has 2 aromatic rings. The highest BCUT2D eigenvalue weighted by Gasteiger charge is 2.42. The molecule has 6 heteroatoms. The van der Waals surface area contributed by atoms with Crippen molar-refractivity contribution in [3.8, 4) is 11.5 Å². The number of rotatable bonds is 2. The zero-order valence-corrected chi connectivity index (χ0v) is 29.5. The minimum Gasteiger partial charge on any atom is -0.394 e. The number of benzene rings is 2. The summed E-state index contributed by atoms with van der Waals surface area (Å²) in [6, 6.07) is 8.89. The first-order valence-electron chi connectivity index (χ1n) is 13.9. The van der Waals surface area contributed by atoms with E-state index in [9.17, 15) is 4.57 Å². The van der Waals surface area contributed by atoms with E-state index in [1.807, 2.05) is 13.8 Å². The zero-order chi connectivity index (χ0) is 29.3. The average molecular weight is 559 g/mol. The predicted molar refractivity (Wildman–Crippen MR) is 164 cm³/mol. The predicted octanol–water partition coefficient (Wildman–Crippen LogP) is 8.46. The van der Waals surface area contributed by atoms with E-state index in [-0.39, 0.29) is 21.7 Å². The van der Waals surface area contributed by atoms with Gasteiger partial charge in [-0.05, 0) is 57.8 Å². The van der Waals surface area contributed by atoms with Crippen LogP contribution in [0.15, 0.2) is 24.3 Å². The molecule has 0 saturated heterocycles. The highest BCUT2D eigenvalue weighted by molar-refractivity contribution is 7.49. The van der Waals surface area contributed by atoms with Gasteiger partial charge in [-0.2, -0.15) is 0 Å². The Morgan fingerprint density at radius 1 is 0.632 bits per heavy atom. The van der Waals surface area contributed by atoms with Gasteiger partial charge in [0.1, 0.15) is 11.5 Å². The first kappa shape index (κ1) is 31.0. The molecule has 0 radical (unpaired) electrons. The number of hydrogen-bond donors (Lipinski definition) is 0. The molecule has 0 atom stereocenters. The van der Waals surface area contributed by atoms with Gasteiger partial charge in [0.2, 0.25) is 0 Å². The van der Waals surface area contributed by atoms with Crippen LogP contribution in [-0.2, 0) is 37.2 Å². The molecule has 0 unspecified atom stereocenters. The molecule has 0 bridgehead atoms. The largest absolute Gasteiger partial charge is 0.587 e. The fourth-order valence-corrected chi connectivity index (χ4v) is 6.99. The van der Waals surface area contributed by atoms with Crippen LogP contribution >= 0.6 is 7.82 Å². The minimum absolute atomic E-state index is 0.0578. The summed E-state index contributed by atoms with van der Waals surface area (Å²) in [6.07, 6.45) is 0.620. The van der Waals surface area contributed by atoms with Gasteiger partial charge in [-0.15, -0.1) is 0 Å². The molecule has 0 N–H and O–H groups in total. The summed E-state index contributed by atoms with van der Waals surface area (Å²) in [5, 5.41) is -0.602. The molecule has 1 aliphatic rings. The van der Waals surface area contributed by atoms with Gasteiger partial charge in [-0.1, -0.05) is 107 Å². The van der Waals surface area contributed by atoms with E-state index in [0.29, 0.717) is 28.2 Å². The molecule has 3 rings (SSSR count). The summed E-state index contributed by atoms with van der Waals surface area (Å²) in [5.41, 5.74) is 5.95. The van der Waals surface area contributed by atoms with Crippen LogP contribution in [0.25, 0.3) is 0 Å². The third-order valence-electron chi connectivity index (χ3n) is 6.85. The lowest BCUT2D eigenvalue weighted by atomic mass is 9.76. The fourth-order valence-electron chi connectivity index (χ4n) is 4.66. The molecule has 0 aromatic heterocycles. The molecule has 2 aromatic carbocycles. The van der Waals surface area contributed by atoms with Gasteiger partial charge in [0, 0.05) is 27.8 Å². The van der Waals surface area contributed by atoms with Crippen molar-refractivity contribution < 1.29 is 18.1 Å². The summed E-state index contributed by atoms with van der Waals surface area (Å²) in [7, 11) is -3.38. The van der Waals surface area contributed by atoms with E-state index < -0.39 is 13.0 Å². The molecule has 0 fully saturated rings. The molecule has 212 valence electrons. The van der Waals surface area contributed by atoms with Gasteiger partial charge in [-0.3, -0.25) is 4.52 Å². The summed E-state index contributed by atoms with van der Waals surface area (Å²) >= 11 is 0. The minimum atomic E-state index is -4.04. The van der Waals surface area contributed by atoms with Crippen LogP contribution in [0.1, 0.15) is 130 Å². The van der Waals surface area contributed by atoms with Gasteiger partial charge in [0.15, 0.2) is 0 Å². The van der Waals surface area contributed by atoms with Crippen LogP contribution in [0.3, 0.4) is 0 Å². The maximum absolute atomic E-state index is 14.6. The Labute approximate surface area is 235 Å². The Morgan fingerprint density at radius 3 is 1.24 bits per heavy atom. The first-order chi connectivity index (χ1) is 16.8. The molecular formula is C32H51O4PSi. The molecule has 0 aliphatic carbocycles. The van der Waals surface area contributed by atoms with Crippen LogP contribution in [0, 0.1) is 0 Å². The molecule has 1 heterocycles. The third kappa shape index (κ3) is 6.95. The van der Waals surface area contributed by atoms with Gasteiger partial charge in [0.25, 0.3) is 0 Å². The highest BCUT2D eigenvalue weighted by atomic mass is 31.2. The maximum atomic E-state index is 14.6. The Balaban J connectivity index is 2.49. The van der Waals surface area contributed by atoms with E-state index in [2.05, 4.69) is 107 Å². The van der Waals surface area contributed by atoms with Crippen molar-refractivity contribution in [3.63, 3.8) is 0 Å². The summed E-state index contributed by atoms with van der Waals surface area (Å²) in [4.78, 5) is 0. The average Bonchev–Trinajstić information content (AvgIpc) is 2.63. The third-order valence-corrected chi connectivity index (χ3v) is 8.98. The SMILES string of the molecule is CC(C)([SiH3])OP1(=O)Oc2c(cc(C(C)(C)C)cc2C(C)(C)C)Cc2cc(C(C)(C)C)cc(C(C)(C)C)c2O1. The highest BCUT2D eigenvalue weighted by Crippen LogP contribution is 2.58. The van der Waals surface area contributed by atoms with E-state index in [1.165, 1.54) is 11.1 Å². The number of fused-ring (bicyclic) bond motifs is 2. The van der Waals surface area contributed by atoms with Crippen molar-refractivity contribution in [3.05, 3.63) is 57.6 Å². The number of phosphoric ester groups is 1. The van der Waals surface area contributed by atoms with E-state index >= 15 is 0 Å². The zero-order valence-electron chi connectivity index (χ0n) is 26.6. The fraction of sp³-hybridized carbons (Fsp3) is 0.625. The van der Waals surface area contributed by atoms with Crippen molar-refractivity contribution in [2.24, 2.45) is 0 Å².